The maximum Gasteiger partial charge on any atom is 0.360 e. The zero-order chi connectivity index (χ0) is 19.8. The zero-order valence-electron chi connectivity index (χ0n) is 17.2. The summed E-state index contributed by atoms with van der Waals surface area (Å²) >= 11 is 0. The number of hydrogen-bond acceptors (Lipinski definition) is 3. The second-order valence-electron chi connectivity index (χ2n) is 7.59. The van der Waals surface area contributed by atoms with E-state index in [0.717, 1.165) is 12.3 Å². The minimum Gasteiger partial charge on any atom is -0.477 e. The molecule has 0 fully saturated rings. The topological polar surface area (TPSA) is 75.7 Å². The largest absolute Gasteiger partial charge is 0.477 e. The number of aliphatic imine (C=N–C) groups is 1. The van der Waals surface area contributed by atoms with Crippen molar-refractivity contribution in [3.05, 3.63) is 24.6 Å². The minimum absolute atomic E-state index is 0.0127. The summed E-state index contributed by atoms with van der Waals surface area (Å²) in [5, 5.41) is 9.20. The Kier molecular flexibility index (Phi) is 12.7. The predicted octanol–water partition coefficient (Wildman–Crippen LogP) is 4.99. The van der Waals surface area contributed by atoms with Gasteiger partial charge in [-0.2, -0.15) is 0 Å². The molecule has 27 heavy (non-hydrogen) atoms. The highest BCUT2D eigenvalue weighted by Gasteiger charge is 2.36. The molecule has 0 saturated carbocycles. The molecule has 3 N–H and O–H groups in total. The summed E-state index contributed by atoms with van der Waals surface area (Å²) < 4.78 is 0.258. The lowest BCUT2D eigenvalue weighted by atomic mass is 10.1. The van der Waals surface area contributed by atoms with E-state index < -0.39 is 5.97 Å². The van der Waals surface area contributed by atoms with Crippen molar-refractivity contribution in [3.8, 4) is 0 Å². The average Bonchev–Trinajstić information content (AvgIpc) is 3.00. The van der Waals surface area contributed by atoms with E-state index in [9.17, 15) is 9.90 Å². The molecule has 1 atom stereocenters. The van der Waals surface area contributed by atoms with Gasteiger partial charge in [0.1, 0.15) is 12.7 Å². The standard InChI is InChI=1S/C22H39N3O2/c1-2-3-4-5-6-7-8-9-10-11-12-13-14-15-21-24-17-19-25(21,18-16-23)20-22(26)27/h13-14,17,19H,2-12,15-16,18,20,23H2,1H3/p+1/b14-13+. The summed E-state index contributed by atoms with van der Waals surface area (Å²) in [4.78, 5) is 15.6. The number of unbranched alkanes of at least 4 members (excludes halogenated alkanes) is 10. The van der Waals surface area contributed by atoms with Gasteiger partial charge in [0.2, 0.25) is 5.84 Å². The van der Waals surface area contributed by atoms with Gasteiger partial charge in [0.05, 0.1) is 12.6 Å². The van der Waals surface area contributed by atoms with Crippen molar-refractivity contribution in [1.82, 2.24) is 0 Å². The van der Waals surface area contributed by atoms with Crippen molar-refractivity contribution in [3.63, 3.8) is 0 Å². The normalized spacial score (nSPS) is 19.1. The van der Waals surface area contributed by atoms with E-state index in [4.69, 9.17) is 5.73 Å². The van der Waals surface area contributed by atoms with Gasteiger partial charge in [-0.05, 0) is 12.8 Å². The van der Waals surface area contributed by atoms with Crippen LogP contribution in [0.4, 0.5) is 0 Å². The molecule has 1 heterocycles. The number of carboxylic acids is 1. The summed E-state index contributed by atoms with van der Waals surface area (Å²) in [7, 11) is 0. The average molecular weight is 379 g/mol. The highest BCUT2D eigenvalue weighted by Crippen LogP contribution is 2.19. The number of carbonyl (C=O) groups is 1. The first-order valence-corrected chi connectivity index (χ1v) is 10.8. The Morgan fingerprint density at radius 2 is 1.70 bits per heavy atom. The highest BCUT2D eigenvalue weighted by atomic mass is 16.4. The molecule has 1 aliphatic rings. The second kappa shape index (κ2) is 14.6. The predicted molar refractivity (Wildman–Crippen MR) is 113 cm³/mol. The molecule has 0 aromatic carbocycles. The van der Waals surface area contributed by atoms with Crippen LogP contribution in [0.1, 0.15) is 84.0 Å². The van der Waals surface area contributed by atoms with Crippen LogP contribution in [0.25, 0.3) is 0 Å². The molecule has 0 amide bonds. The van der Waals surface area contributed by atoms with Crippen molar-refractivity contribution in [2.75, 3.05) is 19.6 Å². The second-order valence-corrected chi connectivity index (χ2v) is 7.59. The van der Waals surface area contributed by atoms with Crippen molar-refractivity contribution < 1.29 is 14.4 Å². The number of hydrogen-bond donors (Lipinski definition) is 2. The molecule has 1 rings (SSSR count). The molecule has 1 aliphatic heterocycles. The van der Waals surface area contributed by atoms with E-state index in [1.54, 1.807) is 6.20 Å². The number of aliphatic carboxylic acids is 1. The van der Waals surface area contributed by atoms with E-state index in [1.807, 2.05) is 6.20 Å². The molecule has 0 spiro atoms. The number of amidine groups is 1. The highest BCUT2D eigenvalue weighted by molar-refractivity contribution is 5.82. The fourth-order valence-corrected chi connectivity index (χ4v) is 3.64. The van der Waals surface area contributed by atoms with Gasteiger partial charge in [-0.15, -0.1) is 0 Å². The molecular formula is C22H40N3O2+. The van der Waals surface area contributed by atoms with Gasteiger partial charge in [-0.25, -0.2) is 14.3 Å². The number of nitrogens with two attached hydrogens (primary N) is 1. The number of rotatable bonds is 17. The molecule has 1 unspecified atom stereocenters. The first-order chi connectivity index (χ1) is 13.1. The Labute approximate surface area is 165 Å². The minimum atomic E-state index is -0.822. The van der Waals surface area contributed by atoms with Gasteiger partial charge in [0.25, 0.3) is 0 Å². The quantitative estimate of drug-likeness (QED) is 0.213. The molecule has 154 valence electrons. The first-order valence-electron chi connectivity index (χ1n) is 10.8. The van der Waals surface area contributed by atoms with Crippen LogP contribution in [0.15, 0.2) is 29.5 Å². The Hall–Kier alpha value is -1.46. The third-order valence-corrected chi connectivity index (χ3v) is 5.23. The lowest BCUT2D eigenvalue weighted by molar-refractivity contribution is -0.777. The molecule has 0 bridgehead atoms. The molecule has 5 heteroatoms. The number of nitrogens with zero attached hydrogens (tertiary/aromatic N) is 2. The molecular weight excluding hydrogens is 338 g/mol. The van der Waals surface area contributed by atoms with E-state index in [0.29, 0.717) is 19.5 Å². The Morgan fingerprint density at radius 3 is 2.30 bits per heavy atom. The molecule has 5 nitrogen and oxygen atoms in total. The number of allylic oxidation sites excluding steroid dienone is 1. The van der Waals surface area contributed by atoms with Crippen LogP contribution in [-0.2, 0) is 4.79 Å². The van der Waals surface area contributed by atoms with Gasteiger partial charge in [0, 0.05) is 6.54 Å². The van der Waals surface area contributed by atoms with Crippen LogP contribution < -0.4 is 5.73 Å². The van der Waals surface area contributed by atoms with Crippen LogP contribution in [-0.4, -0.2) is 41.0 Å². The van der Waals surface area contributed by atoms with Crippen LogP contribution in [0.2, 0.25) is 0 Å². The fourth-order valence-electron chi connectivity index (χ4n) is 3.64. The molecule has 0 saturated heterocycles. The van der Waals surface area contributed by atoms with Crippen LogP contribution in [0, 0.1) is 0 Å². The molecule has 0 aliphatic carbocycles. The van der Waals surface area contributed by atoms with E-state index in [2.05, 4.69) is 24.1 Å². The number of quaternary nitrogens is 1. The lowest BCUT2D eigenvalue weighted by Gasteiger charge is -2.29. The van der Waals surface area contributed by atoms with Crippen molar-refractivity contribution >= 4 is 11.8 Å². The SMILES string of the molecule is CCCCCCCCCCCC/C=C/CC1=NC=C[N+]1(CCN)CC(=O)O. The van der Waals surface area contributed by atoms with Gasteiger partial charge in [0.15, 0.2) is 6.54 Å². The van der Waals surface area contributed by atoms with E-state index >= 15 is 0 Å². The number of carboxylic acid groups (broad SMARTS) is 1. The van der Waals surface area contributed by atoms with E-state index in [1.165, 1.54) is 64.2 Å². The van der Waals surface area contributed by atoms with Gasteiger partial charge in [-0.3, -0.25) is 0 Å². The van der Waals surface area contributed by atoms with Gasteiger partial charge < -0.3 is 10.8 Å². The van der Waals surface area contributed by atoms with Crippen LogP contribution >= 0.6 is 0 Å². The summed E-state index contributed by atoms with van der Waals surface area (Å²) in [6, 6.07) is 0. The van der Waals surface area contributed by atoms with Gasteiger partial charge in [-0.1, -0.05) is 76.9 Å². The summed E-state index contributed by atoms with van der Waals surface area (Å²) in [6.07, 6.45) is 23.2. The Balaban J connectivity index is 2.13. The summed E-state index contributed by atoms with van der Waals surface area (Å²) in [5.41, 5.74) is 5.69. The molecule has 0 aromatic rings. The lowest BCUT2D eigenvalue weighted by Crippen LogP contribution is -2.52. The van der Waals surface area contributed by atoms with Crippen molar-refractivity contribution in [2.24, 2.45) is 10.7 Å². The summed E-state index contributed by atoms with van der Waals surface area (Å²) in [5.74, 6) is 0.0548. The maximum atomic E-state index is 11.2. The molecule has 0 aromatic heterocycles. The van der Waals surface area contributed by atoms with Crippen LogP contribution in [0.3, 0.4) is 0 Å². The summed E-state index contributed by atoms with van der Waals surface area (Å²) in [6.45, 7) is 3.30. The Morgan fingerprint density at radius 1 is 1.07 bits per heavy atom. The Bertz CT molecular complexity index is 500. The fraction of sp³-hybridized carbons (Fsp3) is 0.727. The van der Waals surface area contributed by atoms with Gasteiger partial charge >= 0.3 is 5.97 Å². The first kappa shape index (κ1) is 23.6. The van der Waals surface area contributed by atoms with E-state index in [-0.39, 0.29) is 11.0 Å². The molecule has 0 radical (unpaired) electrons. The third-order valence-electron chi connectivity index (χ3n) is 5.23. The third kappa shape index (κ3) is 9.87. The maximum absolute atomic E-state index is 11.2. The van der Waals surface area contributed by atoms with Crippen molar-refractivity contribution in [2.45, 2.75) is 84.0 Å². The smallest absolute Gasteiger partial charge is 0.360 e. The van der Waals surface area contributed by atoms with Crippen molar-refractivity contribution in [1.29, 1.82) is 0 Å². The monoisotopic (exact) mass is 378 g/mol. The van der Waals surface area contributed by atoms with Crippen LogP contribution in [0.5, 0.6) is 0 Å². The zero-order valence-corrected chi connectivity index (χ0v) is 17.2.